The van der Waals surface area contributed by atoms with Crippen molar-refractivity contribution in [1.29, 1.82) is 0 Å². The summed E-state index contributed by atoms with van der Waals surface area (Å²) in [6.45, 7) is 2.53. The van der Waals surface area contributed by atoms with E-state index in [9.17, 15) is 9.18 Å². The summed E-state index contributed by atoms with van der Waals surface area (Å²) in [5, 5.41) is 14.6. The second-order valence-corrected chi connectivity index (χ2v) is 5.08. The van der Waals surface area contributed by atoms with E-state index in [-0.39, 0.29) is 11.5 Å². The van der Waals surface area contributed by atoms with Gasteiger partial charge >= 0.3 is 5.97 Å². The second kappa shape index (κ2) is 5.79. The number of benzene rings is 1. The molecule has 1 aromatic heterocycles. The first-order valence-electron chi connectivity index (χ1n) is 5.74. The van der Waals surface area contributed by atoms with Crippen LogP contribution in [0.2, 0.25) is 0 Å². The van der Waals surface area contributed by atoms with E-state index in [1.54, 1.807) is 17.5 Å². The van der Waals surface area contributed by atoms with Crippen LogP contribution in [0.5, 0.6) is 0 Å². The number of aromatic carboxylic acids is 1. The number of carboxylic acids is 1. The number of nitrogens with one attached hydrogen (secondary N) is 1. The average Bonchev–Trinajstić information content (AvgIpc) is 2.90. The summed E-state index contributed by atoms with van der Waals surface area (Å²) in [5.41, 5.74) is 0.240. The summed E-state index contributed by atoms with van der Waals surface area (Å²) in [5.74, 6) is -1.54. The molecule has 1 atom stereocenters. The maximum atomic E-state index is 13.7. The minimum Gasteiger partial charge on any atom is -0.478 e. The molecule has 0 saturated heterocycles. The van der Waals surface area contributed by atoms with E-state index in [1.807, 2.05) is 12.3 Å². The van der Waals surface area contributed by atoms with Gasteiger partial charge in [0.25, 0.3) is 0 Å². The summed E-state index contributed by atoms with van der Waals surface area (Å²) >= 11 is 1.55. The number of thiazole rings is 1. The summed E-state index contributed by atoms with van der Waals surface area (Å²) in [6.07, 6.45) is 1.73. The molecule has 2 aromatic rings. The van der Waals surface area contributed by atoms with Gasteiger partial charge in [-0.25, -0.2) is 14.2 Å². The molecule has 100 valence electrons. The van der Waals surface area contributed by atoms with Gasteiger partial charge in [-0.05, 0) is 18.2 Å². The zero-order valence-corrected chi connectivity index (χ0v) is 11.1. The van der Waals surface area contributed by atoms with Crippen LogP contribution in [0.25, 0.3) is 0 Å². The van der Waals surface area contributed by atoms with E-state index in [0.717, 1.165) is 11.1 Å². The van der Waals surface area contributed by atoms with Gasteiger partial charge in [0, 0.05) is 24.0 Å². The highest BCUT2D eigenvalue weighted by Crippen LogP contribution is 2.20. The third-order valence-corrected chi connectivity index (χ3v) is 3.69. The molecule has 0 fully saturated rings. The quantitative estimate of drug-likeness (QED) is 0.883. The Bertz CT molecular complexity index is 572. The maximum absolute atomic E-state index is 13.7. The van der Waals surface area contributed by atoms with Crippen LogP contribution in [0.1, 0.15) is 28.2 Å². The molecule has 0 saturated carbocycles. The van der Waals surface area contributed by atoms with Crippen molar-refractivity contribution in [2.45, 2.75) is 12.8 Å². The summed E-state index contributed by atoms with van der Waals surface area (Å²) in [6, 6.07) is 3.83. The molecule has 1 heterocycles. The fourth-order valence-electron chi connectivity index (χ4n) is 1.62. The predicted molar refractivity (Wildman–Crippen MR) is 72.4 cm³/mol. The second-order valence-electron chi connectivity index (χ2n) is 4.15. The smallest absolute Gasteiger partial charge is 0.335 e. The van der Waals surface area contributed by atoms with Gasteiger partial charge in [0.15, 0.2) is 0 Å². The molecular formula is C13H13FN2O2S. The van der Waals surface area contributed by atoms with Crippen LogP contribution in [0, 0.1) is 5.82 Å². The van der Waals surface area contributed by atoms with Crippen molar-refractivity contribution in [2.75, 3.05) is 11.9 Å². The number of hydrogen-bond donors (Lipinski definition) is 2. The largest absolute Gasteiger partial charge is 0.478 e. The van der Waals surface area contributed by atoms with Gasteiger partial charge in [-0.3, -0.25) is 0 Å². The first-order chi connectivity index (χ1) is 9.08. The molecule has 0 amide bonds. The fraction of sp³-hybridized carbons (Fsp3) is 0.231. The number of rotatable bonds is 5. The molecule has 4 nitrogen and oxygen atoms in total. The highest BCUT2D eigenvalue weighted by atomic mass is 32.1. The molecule has 0 aliphatic rings. The lowest BCUT2D eigenvalue weighted by Crippen LogP contribution is -2.11. The van der Waals surface area contributed by atoms with Crippen LogP contribution in [-0.4, -0.2) is 22.6 Å². The van der Waals surface area contributed by atoms with Gasteiger partial charge < -0.3 is 10.4 Å². The number of carboxylic acid groups (broad SMARTS) is 1. The van der Waals surface area contributed by atoms with E-state index >= 15 is 0 Å². The highest BCUT2D eigenvalue weighted by Gasteiger charge is 2.11. The van der Waals surface area contributed by atoms with Gasteiger partial charge in [0.2, 0.25) is 0 Å². The van der Waals surface area contributed by atoms with E-state index in [2.05, 4.69) is 10.3 Å². The Morgan fingerprint density at radius 2 is 2.37 bits per heavy atom. The number of aromatic nitrogens is 1. The Balaban J connectivity index is 2.02. The maximum Gasteiger partial charge on any atom is 0.335 e. The molecule has 2 rings (SSSR count). The number of anilines is 1. The molecule has 6 heteroatoms. The van der Waals surface area contributed by atoms with E-state index < -0.39 is 11.8 Å². The van der Waals surface area contributed by atoms with Gasteiger partial charge in [-0.15, -0.1) is 11.3 Å². The normalized spacial score (nSPS) is 12.1. The minimum atomic E-state index is -1.14. The van der Waals surface area contributed by atoms with Gasteiger partial charge in [0.05, 0.1) is 16.3 Å². The van der Waals surface area contributed by atoms with E-state index in [0.29, 0.717) is 12.2 Å². The predicted octanol–water partition coefficient (Wildman–Crippen LogP) is 3.20. The first-order valence-corrected chi connectivity index (χ1v) is 6.62. The van der Waals surface area contributed by atoms with Gasteiger partial charge in [-0.1, -0.05) is 6.92 Å². The first kappa shape index (κ1) is 13.5. The van der Waals surface area contributed by atoms with Gasteiger partial charge in [0.1, 0.15) is 5.82 Å². The lowest BCUT2D eigenvalue weighted by Gasteiger charge is -2.12. The van der Waals surface area contributed by atoms with E-state index in [1.165, 1.54) is 12.1 Å². The molecule has 0 spiro atoms. The van der Waals surface area contributed by atoms with Crippen molar-refractivity contribution in [3.63, 3.8) is 0 Å². The Labute approximate surface area is 113 Å². The van der Waals surface area contributed by atoms with Crippen molar-refractivity contribution < 1.29 is 14.3 Å². The Morgan fingerprint density at radius 1 is 1.58 bits per heavy atom. The van der Waals surface area contributed by atoms with E-state index in [4.69, 9.17) is 5.11 Å². The highest BCUT2D eigenvalue weighted by molar-refractivity contribution is 7.09. The topological polar surface area (TPSA) is 62.2 Å². The lowest BCUT2D eigenvalue weighted by atomic mass is 10.1. The molecule has 0 radical (unpaired) electrons. The van der Waals surface area contributed by atoms with Crippen LogP contribution < -0.4 is 5.32 Å². The van der Waals surface area contributed by atoms with Crippen molar-refractivity contribution >= 4 is 23.0 Å². The SMILES string of the molecule is CC(CNc1ccc(C(=O)O)cc1F)c1nccs1. The third kappa shape index (κ3) is 3.29. The molecule has 0 aliphatic heterocycles. The molecule has 0 aliphatic carbocycles. The van der Waals surface area contributed by atoms with Crippen LogP contribution in [-0.2, 0) is 0 Å². The average molecular weight is 280 g/mol. The van der Waals surface area contributed by atoms with Crippen molar-refractivity contribution in [3.05, 3.63) is 46.2 Å². The third-order valence-electron chi connectivity index (χ3n) is 2.69. The number of halogens is 1. The summed E-state index contributed by atoms with van der Waals surface area (Å²) < 4.78 is 13.7. The van der Waals surface area contributed by atoms with Crippen molar-refractivity contribution in [2.24, 2.45) is 0 Å². The molecular weight excluding hydrogens is 267 g/mol. The lowest BCUT2D eigenvalue weighted by molar-refractivity contribution is 0.0696. The molecule has 0 bridgehead atoms. The Morgan fingerprint density at radius 3 is 2.95 bits per heavy atom. The molecule has 1 aromatic carbocycles. The summed E-state index contributed by atoms with van der Waals surface area (Å²) in [7, 11) is 0. The van der Waals surface area contributed by atoms with Crippen molar-refractivity contribution in [1.82, 2.24) is 4.98 Å². The number of carbonyl (C=O) groups is 1. The van der Waals surface area contributed by atoms with Crippen molar-refractivity contribution in [3.8, 4) is 0 Å². The zero-order valence-electron chi connectivity index (χ0n) is 10.3. The minimum absolute atomic E-state index is 0.0592. The zero-order chi connectivity index (χ0) is 13.8. The monoisotopic (exact) mass is 280 g/mol. The molecule has 2 N–H and O–H groups in total. The molecule has 19 heavy (non-hydrogen) atoms. The number of nitrogens with zero attached hydrogens (tertiary/aromatic N) is 1. The number of hydrogen-bond acceptors (Lipinski definition) is 4. The van der Waals surface area contributed by atoms with Crippen LogP contribution in [0.15, 0.2) is 29.8 Å². The molecule has 1 unspecified atom stereocenters. The Hall–Kier alpha value is -1.95. The van der Waals surface area contributed by atoms with Crippen LogP contribution >= 0.6 is 11.3 Å². The summed E-state index contributed by atoms with van der Waals surface area (Å²) in [4.78, 5) is 14.9. The van der Waals surface area contributed by atoms with Crippen LogP contribution in [0.3, 0.4) is 0 Å². The van der Waals surface area contributed by atoms with Gasteiger partial charge in [-0.2, -0.15) is 0 Å². The fourth-order valence-corrected chi connectivity index (χ4v) is 2.32. The Kier molecular flexibility index (Phi) is 4.11. The standard InChI is InChI=1S/C13H13FN2O2S/c1-8(12-15-4-5-19-12)7-16-11-3-2-9(13(17)18)6-10(11)14/h2-6,8,16H,7H2,1H3,(H,17,18). The van der Waals surface area contributed by atoms with Crippen LogP contribution in [0.4, 0.5) is 10.1 Å².